The van der Waals surface area contributed by atoms with Crippen molar-refractivity contribution in [3.63, 3.8) is 0 Å². The fourth-order valence-electron chi connectivity index (χ4n) is 2.62. The Balaban J connectivity index is 1.78. The number of nitrogens with one attached hydrogen (secondary N) is 1. The predicted octanol–water partition coefficient (Wildman–Crippen LogP) is 4.41. The van der Waals surface area contributed by atoms with E-state index >= 15 is 0 Å². The van der Waals surface area contributed by atoms with Gasteiger partial charge >= 0.3 is 0 Å². The van der Waals surface area contributed by atoms with Gasteiger partial charge in [-0.2, -0.15) is 0 Å². The number of amides is 1. The van der Waals surface area contributed by atoms with Crippen molar-refractivity contribution in [2.45, 2.75) is 13.5 Å². The summed E-state index contributed by atoms with van der Waals surface area (Å²) in [4.78, 5) is 12.6. The van der Waals surface area contributed by atoms with Gasteiger partial charge in [0, 0.05) is 5.69 Å². The Hall–Kier alpha value is -3.27. The fourth-order valence-corrected chi connectivity index (χ4v) is 2.62. The van der Waals surface area contributed by atoms with Crippen molar-refractivity contribution in [3.05, 3.63) is 89.5 Å². The highest BCUT2D eigenvalue weighted by molar-refractivity contribution is 6.09. The molecule has 0 unspecified atom stereocenters. The molecule has 0 radical (unpaired) electrons. The summed E-state index contributed by atoms with van der Waals surface area (Å²) in [6.07, 6.45) is 0. The maximum atomic E-state index is 12.6. The van der Waals surface area contributed by atoms with Crippen molar-refractivity contribution in [1.82, 2.24) is 0 Å². The molecule has 1 amide bonds. The summed E-state index contributed by atoms with van der Waals surface area (Å²) in [5.74, 6) is 0.373. The number of anilines is 2. The molecule has 0 aliphatic rings. The molecule has 3 aromatic rings. The number of benzene rings is 3. The summed E-state index contributed by atoms with van der Waals surface area (Å²) in [6, 6.07) is 22.7. The molecule has 0 spiro atoms. The summed E-state index contributed by atoms with van der Waals surface area (Å²) in [6.45, 7) is 2.29. The van der Waals surface area contributed by atoms with E-state index in [1.807, 2.05) is 73.7 Å². The summed E-state index contributed by atoms with van der Waals surface area (Å²) >= 11 is 0. The third-order valence-corrected chi connectivity index (χ3v) is 3.90. The predicted molar refractivity (Wildman–Crippen MR) is 101 cm³/mol. The molecule has 3 aromatic carbocycles. The first-order valence-corrected chi connectivity index (χ1v) is 8.07. The SMILES string of the molecule is Cc1cccc(N)c1C(=O)Nc1ccccc1OCc1ccccc1. The number of rotatable bonds is 5. The van der Waals surface area contributed by atoms with Gasteiger partial charge in [0.15, 0.2) is 0 Å². The van der Waals surface area contributed by atoms with Gasteiger partial charge in [-0.3, -0.25) is 4.79 Å². The lowest BCUT2D eigenvalue weighted by molar-refractivity contribution is 0.102. The van der Waals surface area contributed by atoms with Crippen molar-refractivity contribution >= 4 is 17.3 Å². The van der Waals surface area contributed by atoms with Crippen LogP contribution in [0.25, 0.3) is 0 Å². The average molecular weight is 332 g/mol. The van der Waals surface area contributed by atoms with E-state index in [0.29, 0.717) is 29.3 Å². The van der Waals surface area contributed by atoms with Crippen LogP contribution in [0.1, 0.15) is 21.5 Å². The number of nitrogens with two attached hydrogens (primary N) is 1. The molecular weight excluding hydrogens is 312 g/mol. The van der Waals surface area contributed by atoms with E-state index < -0.39 is 0 Å². The fraction of sp³-hybridized carbons (Fsp3) is 0.0952. The van der Waals surface area contributed by atoms with Crippen LogP contribution >= 0.6 is 0 Å². The van der Waals surface area contributed by atoms with Crippen LogP contribution in [0.5, 0.6) is 5.75 Å². The van der Waals surface area contributed by atoms with Gasteiger partial charge in [0.25, 0.3) is 5.91 Å². The molecule has 126 valence electrons. The molecule has 0 aromatic heterocycles. The molecule has 0 saturated carbocycles. The first-order valence-electron chi connectivity index (χ1n) is 8.07. The van der Waals surface area contributed by atoms with Gasteiger partial charge in [-0.05, 0) is 36.2 Å². The minimum absolute atomic E-state index is 0.244. The summed E-state index contributed by atoms with van der Waals surface area (Å²) in [5.41, 5.74) is 9.41. The highest BCUT2D eigenvalue weighted by atomic mass is 16.5. The normalized spacial score (nSPS) is 10.3. The van der Waals surface area contributed by atoms with E-state index in [0.717, 1.165) is 11.1 Å². The number of ether oxygens (including phenoxy) is 1. The van der Waals surface area contributed by atoms with Gasteiger partial charge in [0.05, 0.1) is 11.3 Å². The van der Waals surface area contributed by atoms with Crippen molar-refractivity contribution in [2.75, 3.05) is 11.1 Å². The van der Waals surface area contributed by atoms with Crippen molar-refractivity contribution in [1.29, 1.82) is 0 Å². The van der Waals surface area contributed by atoms with Gasteiger partial charge < -0.3 is 15.8 Å². The molecule has 3 N–H and O–H groups in total. The highest BCUT2D eigenvalue weighted by Crippen LogP contribution is 2.26. The lowest BCUT2D eigenvalue weighted by atomic mass is 10.1. The zero-order valence-electron chi connectivity index (χ0n) is 14.0. The lowest BCUT2D eigenvalue weighted by Gasteiger charge is -2.14. The molecule has 0 heterocycles. The van der Waals surface area contributed by atoms with Crippen molar-refractivity contribution in [2.24, 2.45) is 0 Å². The molecule has 4 nitrogen and oxygen atoms in total. The zero-order chi connectivity index (χ0) is 17.6. The number of hydrogen-bond donors (Lipinski definition) is 2. The van der Waals surface area contributed by atoms with E-state index in [4.69, 9.17) is 10.5 Å². The summed E-state index contributed by atoms with van der Waals surface area (Å²) < 4.78 is 5.87. The Morgan fingerprint density at radius 1 is 0.960 bits per heavy atom. The van der Waals surface area contributed by atoms with Crippen LogP contribution in [-0.4, -0.2) is 5.91 Å². The number of para-hydroxylation sites is 2. The van der Waals surface area contributed by atoms with Gasteiger partial charge in [-0.15, -0.1) is 0 Å². The van der Waals surface area contributed by atoms with Crippen LogP contribution in [0.3, 0.4) is 0 Å². The van der Waals surface area contributed by atoms with Crippen LogP contribution < -0.4 is 15.8 Å². The lowest BCUT2D eigenvalue weighted by Crippen LogP contribution is -2.16. The largest absolute Gasteiger partial charge is 0.487 e. The molecule has 0 fully saturated rings. The van der Waals surface area contributed by atoms with E-state index in [2.05, 4.69) is 5.32 Å². The molecule has 0 atom stereocenters. The Labute approximate surface area is 147 Å². The van der Waals surface area contributed by atoms with E-state index in [9.17, 15) is 4.79 Å². The summed E-state index contributed by atoms with van der Waals surface area (Å²) in [5, 5.41) is 2.90. The second kappa shape index (κ2) is 7.53. The van der Waals surface area contributed by atoms with Crippen LogP contribution in [0.4, 0.5) is 11.4 Å². The third-order valence-electron chi connectivity index (χ3n) is 3.90. The van der Waals surface area contributed by atoms with Crippen LogP contribution in [0, 0.1) is 6.92 Å². The second-order valence-electron chi connectivity index (χ2n) is 5.76. The van der Waals surface area contributed by atoms with E-state index in [1.165, 1.54) is 0 Å². The standard InChI is InChI=1S/C21H20N2O2/c1-15-8-7-11-17(22)20(15)21(24)23-18-12-5-6-13-19(18)25-14-16-9-3-2-4-10-16/h2-13H,14,22H2,1H3,(H,23,24). The van der Waals surface area contributed by atoms with Crippen molar-refractivity contribution < 1.29 is 9.53 Å². The minimum Gasteiger partial charge on any atom is -0.487 e. The molecule has 0 bridgehead atoms. The van der Waals surface area contributed by atoms with Crippen LogP contribution in [-0.2, 0) is 6.61 Å². The average Bonchev–Trinajstić information content (AvgIpc) is 2.62. The Morgan fingerprint density at radius 3 is 2.44 bits per heavy atom. The molecule has 0 aliphatic carbocycles. The molecule has 0 aliphatic heterocycles. The number of hydrogen-bond acceptors (Lipinski definition) is 3. The minimum atomic E-state index is -0.244. The third kappa shape index (κ3) is 3.98. The monoisotopic (exact) mass is 332 g/mol. The second-order valence-corrected chi connectivity index (χ2v) is 5.76. The Bertz CT molecular complexity index is 856. The first kappa shape index (κ1) is 16.6. The topological polar surface area (TPSA) is 64.4 Å². The zero-order valence-corrected chi connectivity index (χ0v) is 14.0. The molecule has 0 saturated heterocycles. The number of carbonyl (C=O) groups excluding carboxylic acids is 1. The number of nitrogen functional groups attached to an aromatic ring is 1. The van der Waals surface area contributed by atoms with E-state index in [1.54, 1.807) is 6.07 Å². The molecule has 25 heavy (non-hydrogen) atoms. The van der Waals surface area contributed by atoms with Crippen LogP contribution in [0.2, 0.25) is 0 Å². The van der Waals surface area contributed by atoms with Crippen LogP contribution in [0.15, 0.2) is 72.8 Å². The van der Waals surface area contributed by atoms with Gasteiger partial charge in [-0.25, -0.2) is 0 Å². The summed E-state index contributed by atoms with van der Waals surface area (Å²) in [7, 11) is 0. The first-order chi connectivity index (χ1) is 12.1. The maximum absolute atomic E-state index is 12.6. The van der Waals surface area contributed by atoms with Gasteiger partial charge in [0.1, 0.15) is 12.4 Å². The van der Waals surface area contributed by atoms with Gasteiger partial charge in [0.2, 0.25) is 0 Å². The van der Waals surface area contributed by atoms with E-state index in [-0.39, 0.29) is 5.91 Å². The van der Waals surface area contributed by atoms with Crippen molar-refractivity contribution in [3.8, 4) is 5.75 Å². The number of carbonyl (C=O) groups is 1. The molecular formula is C21H20N2O2. The Morgan fingerprint density at radius 2 is 1.68 bits per heavy atom. The maximum Gasteiger partial charge on any atom is 0.258 e. The molecule has 4 heteroatoms. The Kier molecular flexibility index (Phi) is 5.00. The highest BCUT2D eigenvalue weighted by Gasteiger charge is 2.14. The van der Waals surface area contributed by atoms with Gasteiger partial charge in [-0.1, -0.05) is 54.6 Å². The number of aryl methyl sites for hydroxylation is 1. The molecule has 3 rings (SSSR count). The quantitative estimate of drug-likeness (QED) is 0.680. The smallest absolute Gasteiger partial charge is 0.258 e.